The van der Waals surface area contributed by atoms with Gasteiger partial charge in [0.25, 0.3) is 0 Å². The summed E-state index contributed by atoms with van der Waals surface area (Å²) in [6, 6.07) is 22.1. The molecular formula is C30H30N2S. The van der Waals surface area contributed by atoms with Crippen molar-refractivity contribution in [3.63, 3.8) is 0 Å². The van der Waals surface area contributed by atoms with E-state index in [4.69, 9.17) is 9.97 Å². The number of fused-ring (bicyclic) bond motifs is 2. The van der Waals surface area contributed by atoms with E-state index < -0.39 is 0 Å². The highest BCUT2D eigenvalue weighted by Crippen LogP contribution is 2.35. The maximum absolute atomic E-state index is 4.77. The number of benzene rings is 2. The van der Waals surface area contributed by atoms with Gasteiger partial charge < -0.3 is 0 Å². The Morgan fingerprint density at radius 3 is 2.39 bits per heavy atom. The second-order valence-corrected chi connectivity index (χ2v) is 11.5. The molecule has 0 aliphatic heterocycles. The summed E-state index contributed by atoms with van der Waals surface area (Å²) in [5.74, 6) is 0.653. The monoisotopic (exact) mass is 450 g/mol. The van der Waals surface area contributed by atoms with E-state index in [1.54, 1.807) is 0 Å². The normalized spacial score (nSPS) is 12.2. The Morgan fingerprint density at radius 1 is 0.818 bits per heavy atom. The zero-order chi connectivity index (χ0) is 23.2. The molecule has 2 nitrogen and oxygen atoms in total. The molecule has 0 saturated heterocycles. The smallest absolute Gasteiger partial charge is 0.123 e. The van der Waals surface area contributed by atoms with Gasteiger partial charge in [0.05, 0.1) is 5.69 Å². The zero-order valence-corrected chi connectivity index (χ0v) is 20.8. The van der Waals surface area contributed by atoms with Crippen LogP contribution in [0.25, 0.3) is 43.4 Å². The molecule has 3 heteroatoms. The number of aromatic nitrogens is 2. The van der Waals surface area contributed by atoms with Crippen LogP contribution in [0, 0.1) is 5.92 Å². The Hall–Kier alpha value is -3.04. The number of rotatable bonds is 4. The molecule has 0 unspecified atom stereocenters. The number of nitrogens with zero attached hydrogens (tertiary/aromatic N) is 2. The third kappa shape index (κ3) is 4.43. The second kappa shape index (κ2) is 8.39. The summed E-state index contributed by atoms with van der Waals surface area (Å²) in [6.07, 6.45) is 5.02. The van der Waals surface area contributed by atoms with Crippen LogP contribution in [0.1, 0.15) is 45.1 Å². The highest BCUT2D eigenvalue weighted by atomic mass is 32.1. The van der Waals surface area contributed by atoms with Crippen LogP contribution in [0.15, 0.2) is 73.1 Å². The van der Waals surface area contributed by atoms with E-state index in [1.807, 2.05) is 23.7 Å². The summed E-state index contributed by atoms with van der Waals surface area (Å²) in [6.45, 7) is 11.4. The molecule has 5 rings (SSSR count). The first-order chi connectivity index (χ1) is 15.8. The lowest BCUT2D eigenvalue weighted by Crippen LogP contribution is -2.12. The van der Waals surface area contributed by atoms with Gasteiger partial charge in [0.2, 0.25) is 0 Å². The molecule has 0 aliphatic carbocycles. The Kier molecular flexibility index (Phi) is 5.54. The van der Waals surface area contributed by atoms with E-state index in [2.05, 4.69) is 95.3 Å². The Bertz CT molecular complexity index is 1450. The van der Waals surface area contributed by atoms with Crippen molar-refractivity contribution in [2.24, 2.45) is 5.92 Å². The summed E-state index contributed by atoms with van der Waals surface area (Å²) in [5, 5.41) is 3.80. The molecule has 0 bridgehead atoms. The first kappa shape index (κ1) is 21.8. The number of hydrogen-bond donors (Lipinski definition) is 0. The van der Waals surface area contributed by atoms with E-state index in [-0.39, 0.29) is 5.41 Å². The van der Waals surface area contributed by atoms with Crippen LogP contribution < -0.4 is 0 Å². The molecule has 166 valence electrons. The molecule has 0 aliphatic rings. The fourth-order valence-electron chi connectivity index (χ4n) is 4.49. The van der Waals surface area contributed by atoms with Crippen molar-refractivity contribution in [1.29, 1.82) is 0 Å². The molecule has 0 fully saturated rings. The van der Waals surface area contributed by atoms with Gasteiger partial charge in [-0.15, -0.1) is 11.3 Å². The van der Waals surface area contributed by atoms with Crippen molar-refractivity contribution in [3.05, 3.63) is 83.5 Å². The van der Waals surface area contributed by atoms with E-state index >= 15 is 0 Å². The summed E-state index contributed by atoms with van der Waals surface area (Å²) in [5.41, 5.74) is 5.84. The summed E-state index contributed by atoms with van der Waals surface area (Å²) in [7, 11) is 0. The Balaban J connectivity index is 1.58. The van der Waals surface area contributed by atoms with Gasteiger partial charge in [-0.3, -0.25) is 4.98 Å². The van der Waals surface area contributed by atoms with Crippen LogP contribution in [0.2, 0.25) is 0 Å². The van der Waals surface area contributed by atoms with Crippen molar-refractivity contribution in [2.45, 2.75) is 46.5 Å². The molecule has 0 spiro atoms. The van der Waals surface area contributed by atoms with Crippen molar-refractivity contribution in [2.75, 3.05) is 0 Å². The maximum Gasteiger partial charge on any atom is 0.123 e. The van der Waals surface area contributed by atoms with Crippen molar-refractivity contribution in [3.8, 4) is 22.4 Å². The molecular weight excluding hydrogens is 420 g/mol. The van der Waals surface area contributed by atoms with Crippen molar-refractivity contribution in [1.82, 2.24) is 9.97 Å². The second-order valence-electron chi connectivity index (χ2n) is 10.4. The topological polar surface area (TPSA) is 25.8 Å². The number of hydrogen-bond acceptors (Lipinski definition) is 3. The quantitative estimate of drug-likeness (QED) is 0.274. The van der Waals surface area contributed by atoms with Gasteiger partial charge in [0, 0.05) is 33.8 Å². The molecule has 0 radical (unpaired) electrons. The molecule has 3 heterocycles. The lowest BCUT2D eigenvalue weighted by Gasteiger charge is -2.22. The molecule has 5 aromatic rings. The standard InChI is InChI=1S/C30H30N2S/c1-19(2)12-25-15-23-14-24(18-32-29(23)33-25)20-10-11-31-28(17-20)22-13-21-8-6-7-9-26(21)27(16-22)30(3,4)5/h6-11,13-19H,12H2,1-5H3. The minimum atomic E-state index is 0.0504. The minimum Gasteiger partial charge on any atom is -0.256 e. The molecule has 0 N–H and O–H groups in total. The zero-order valence-electron chi connectivity index (χ0n) is 20.0. The van der Waals surface area contributed by atoms with Gasteiger partial charge in [-0.05, 0) is 76.1 Å². The molecule has 0 amide bonds. The number of thiophene rings is 1. The van der Waals surface area contributed by atoms with Gasteiger partial charge in [-0.2, -0.15) is 0 Å². The first-order valence-corrected chi connectivity index (χ1v) is 12.5. The van der Waals surface area contributed by atoms with Crippen LogP contribution in [0.5, 0.6) is 0 Å². The molecule has 2 aromatic carbocycles. The lowest BCUT2D eigenvalue weighted by molar-refractivity contribution is 0.596. The van der Waals surface area contributed by atoms with Gasteiger partial charge in [0.15, 0.2) is 0 Å². The van der Waals surface area contributed by atoms with E-state index in [0.717, 1.165) is 33.6 Å². The van der Waals surface area contributed by atoms with Crippen LogP contribution in [0.3, 0.4) is 0 Å². The summed E-state index contributed by atoms with van der Waals surface area (Å²) >= 11 is 1.81. The van der Waals surface area contributed by atoms with Gasteiger partial charge >= 0.3 is 0 Å². The van der Waals surface area contributed by atoms with Crippen LogP contribution in [-0.4, -0.2) is 9.97 Å². The van der Waals surface area contributed by atoms with Crippen molar-refractivity contribution >= 4 is 32.3 Å². The molecule has 0 atom stereocenters. The molecule has 0 saturated carbocycles. The Morgan fingerprint density at radius 2 is 1.61 bits per heavy atom. The van der Waals surface area contributed by atoms with Crippen molar-refractivity contribution < 1.29 is 0 Å². The molecule has 3 aromatic heterocycles. The summed E-state index contributed by atoms with van der Waals surface area (Å²) < 4.78 is 0. The van der Waals surface area contributed by atoms with Gasteiger partial charge in [-0.1, -0.05) is 58.9 Å². The first-order valence-electron chi connectivity index (χ1n) is 11.7. The van der Waals surface area contributed by atoms with E-state index in [9.17, 15) is 0 Å². The largest absolute Gasteiger partial charge is 0.256 e. The maximum atomic E-state index is 4.77. The highest BCUT2D eigenvalue weighted by Gasteiger charge is 2.18. The SMILES string of the molecule is CC(C)Cc1cc2cc(-c3ccnc(-c4cc(C(C)(C)C)c5ccccc5c4)c3)cnc2s1. The Labute approximate surface area is 200 Å². The third-order valence-corrected chi connectivity index (χ3v) is 7.17. The highest BCUT2D eigenvalue weighted by molar-refractivity contribution is 7.18. The average molecular weight is 451 g/mol. The fraction of sp³-hybridized carbons (Fsp3) is 0.267. The predicted molar refractivity (Wildman–Crippen MR) is 143 cm³/mol. The third-order valence-electron chi connectivity index (χ3n) is 6.09. The lowest BCUT2D eigenvalue weighted by atomic mass is 9.82. The fourth-order valence-corrected chi connectivity index (χ4v) is 5.68. The average Bonchev–Trinajstić information content (AvgIpc) is 3.18. The minimum absolute atomic E-state index is 0.0504. The van der Waals surface area contributed by atoms with Crippen LogP contribution in [-0.2, 0) is 11.8 Å². The number of pyridine rings is 2. The van der Waals surface area contributed by atoms with E-state index in [0.29, 0.717) is 5.92 Å². The molecule has 33 heavy (non-hydrogen) atoms. The van der Waals surface area contributed by atoms with Crippen LogP contribution >= 0.6 is 11.3 Å². The van der Waals surface area contributed by atoms with Gasteiger partial charge in [0.1, 0.15) is 4.83 Å². The van der Waals surface area contributed by atoms with Crippen LogP contribution in [0.4, 0.5) is 0 Å². The summed E-state index contributed by atoms with van der Waals surface area (Å²) in [4.78, 5) is 12.0. The van der Waals surface area contributed by atoms with E-state index in [1.165, 1.54) is 26.6 Å². The van der Waals surface area contributed by atoms with Gasteiger partial charge in [-0.25, -0.2) is 4.98 Å². The predicted octanol–water partition coefficient (Wildman–Crippen LogP) is 8.67.